The van der Waals surface area contributed by atoms with Crippen LogP contribution in [0.15, 0.2) is 33.5 Å². The van der Waals surface area contributed by atoms with E-state index < -0.39 is 0 Å². The molecule has 0 radical (unpaired) electrons. The fraction of sp³-hybridized carbons (Fsp3) is 0.286. The molecule has 1 aromatic carbocycles. The fourth-order valence-electron chi connectivity index (χ4n) is 2.32. The van der Waals surface area contributed by atoms with Crippen molar-refractivity contribution < 1.29 is 9.15 Å². The van der Waals surface area contributed by atoms with Gasteiger partial charge in [-0.05, 0) is 53.0 Å². The summed E-state index contributed by atoms with van der Waals surface area (Å²) >= 11 is 3.39. The van der Waals surface area contributed by atoms with Crippen molar-refractivity contribution in [1.82, 2.24) is 5.43 Å². The van der Waals surface area contributed by atoms with E-state index in [1.807, 2.05) is 26.0 Å². The number of aryl methyl sites for hydroxylation is 2. The quantitative estimate of drug-likeness (QED) is 0.669. The maximum Gasteiger partial charge on any atom is 0.174 e. The first-order valence-corrected chi connectivity index (χ1v) is 6.72. The van der Waals surface area contributed by atoms with Crippen molar-refractivity contribution in [3.63, 3.8) is 0 Å². The summed E-state index contributed by atoms with van der Waals surface area (Å²) < 4.78 is 11.4. The van der Waals surface area contributed by atoms with Gasteiger partial charge in [0.25, 0.3) is 0 Å². The highest BCUT2D eigenvalue weighted by Gasteiger charge is 2.23. The number of nitrogens with one attached hydrogen (secondary N) is 1. The summed E-state index contributed by atoms with van der Waals surface area (Å²) in [5.41, 5.74) is 7.05. The summed E-state index contributed by atoms with van der Waals surface area (Å²) in [5.74, 6) is 6.54. The second-order valence-electron chi connectivity index (χ2n) is 4.45. The van der Waals surface area contributed by atoms with Crippen molar-refractivity contribution in [1.29, 1.82) is 0 Å². The van der Waals surface area contributed by atoms with E-state index in [0.717, 1.165) is 28.0 Å². The first-order valence-electron chi connectivity index (χ1n) is 5.92. The van der Waals surface area contributed by atoms with Gasteiger partial charge in [0.05, 0.1) is 19.4 Å². The van der Waals surface area contributed by atoms with E-state index in [2.05, 4.69) is 27.4 Å². The normalized spacial score (nSPS) is 12.5. The predicted molar refractivity (Wildman–Crippen MR) is 78.0 cm³/mol. The number of ether oxygens (including phenoxy) is 1. The Morgan fingerprint density at radius 1 is 1.37 bits per heavy atom. The minimum Gasteiger partial charge on any atom is -0.496 e. The van der Waals surface area contributed by atoms with Gasteiger partial charge in [0.1, 0.15) is 5.75 Å². The van der Waals surface area contributed by atoms with Crippen LogP contribution in [0, 0.1) is 13.8 Å². The molecule has 0 spiro atoms. The van der Waals surface area contributed by atoms with Crippen LogP contribution in [0.5, 0.6) is 5.75 Å². The first kappa shape index (κ1) is 14.1. The molecule has 1 aromatic heterocycles. The molecule has 0 fully saturated rings. The minimum absolute atomic E-state index is 0.191. The largest absolute Gasteiger partial charge is 0.496 e. The monoisotopic (exact) mass is 324 g/mol. The molecule has 2 rings (SSSR count). The summed E-state index contributed by atoms with van der Waals surface area (Å²) in [6.07, 6.45) is 1.62. The number of hydrogen-bond acceptors (Lipinski definition) is 4. The summed E-state index contributed by atoms with van der Waals surface area (Å²) in [7, 11) is 1.66. The van der Waals surface area contributed by atoms with Gasteiger partial charge in [0.15, 0.2) is 4.67 Å². The molecule has 0 bridgehead atoms. The molecule has 0 amide bonds. The maximum atomic E-state index is 5.73. The molecule has 102 valence electrons. The van der Waals surface area contributed by atoms with Gasteiger partial charge in [0, 0.05) is 11.1 Å². The van der Waals surface area contributed by atoms with Crippen molar-refractivity contribution >= 4 is 15.9 Å². The molecular weight excluding hydrogens is 308 g/mol. The van der Waals surface area contributed by atoms with Crippen LogP contribution in [0.2, 0.25) is 0 Å². The zero-order chi connectivity index (χ0) is 14.0. The molecule has 4 nitrogen and oxygen atoms in total. The van der Waals surface area contributed by atoms with E-state index in [0.29, 0.717) is 4.67 Å². The summed E-state index contributed by atoms with van der Waals surface area (Å²) in [5, 5.41) is 0. The van der Waals surface area contributed by atoms with Crippen LogP contribution in [-0.4, -0.2) is 7.11 Å². The van der Waals surface area contributed by atoms with E-state index in [4.69, 9.17) is 15.0 Å². The van der Waals surface area contributed by atoms with Crippen LogP contribution in [0.4, 0.5) is 0 Å². The average Bonchev–Trinajstić information content (AvgIpc) is 2.78. The lowest BCUT2D eigenvalue weighted by atomic mass is 9.94. The molecule has 2 aromatic rings. The summed E-state index contributed by atoms with van der Waals surface area (Å²) in [6, 6.07) is 5.80. The highest BCUT2D eigenvalue weighted by atomic mass is 79.9. The number of furan rings is 1. The van der Waals surface area contributed by atoms with Gasteiger partial charge >= 0.3 is 0 Å². The lowest BCUT2D eigenvalue weighted by Crippen LogP contribution is -2.29. The molecule has 0 aliphatic carbocycles. The van der Waals surface area contributed by atoms with Crippen LogP contribution < -0.4 is 16.0 Å². The molecule has 1 unspecified atom stereocenters. The van der Waals surface area contributed by atoms with Crippen molar-refractivity contribution in [3.05, 3.63) is 51.4 Å². The number of hydrogen-bond donors (Lipinski definition) is 2. The van der Waals surface area contributed by atoms with Crippen molar-refractivity contribution in [2.75, 3.05) is 7.11 Å². The zero-order valence-corrected chi connectivity index (χ0v) is 12.7. The highest BCUT2D eigenvalue weighted by molar-refractivity contribution is 9.10. The number of nitrogens with two attached hydrogens (primary N) is 1. The first-order chi connectivity index (χ1) is 9.08. The Labute approximate surface area is 121 Å². The van der Waals surface area contributed by atoms with Crippen molar-refractivity contribution in [3.8, 4) is 5.75 Å². The molecule has 19 heavy (non-hydrogen) atoms. The van der Waals surface area contributed by atoms with Crippen LogP contribution in [0.25, 0.3) is 0 Å². The average molecular weight is 325 g/mol. The molecule has 0 aliphatic rings. The molecule has 5 heteroatoms. The Morgan fingerprint density at radius 2 is 2.11 bits per heavy atom. The molecule has 0 saturated heterocycles. The molecular formula is C14H17BrN2O2. The van der Waals surface area contributed by atoms with Crippen LogP contribution in [0.3, 0.4) is 0 Å². The zero-order valence-electron chi connectivity index (χ0n) is 11.2. The van der Waals surface area contributed by atoms with Gasteiger partial charge in [-0.1, -0.05) is 6.07 Å². The summed E-state index contributed by atoms with van der Waals surface area (Å²) in [4.78, 5) is 0. The van der Waals surface area contributed by atoms with Crippen LogP contribution in [-0.2, 0) is 0 Å². The lowest BCUT2D eigenvalue weighted by Gasteiger charge is -2.21. The van der Waals surface area contributed by atoms with Crippen molar-refractivity contribution in [2.24, 2.45) is 5.84 Å². The number of rotatable bonds is 4. The number of methoxy groups -OCH3 is 1. The third-order valence-electron chi connectivity index (χ3n) is 3.13. The highest BCUT2D eigenvalue weighted by Crippen LogP contribution is 2.36. The third kappa shape index (κ3) is 2.68. The Kier molecular flexibility index (Phi) is 4.29. The van der Waals surface area contributed by atoms with E-state index in [1.165, 1.54) is 0 Å². The van der Waals surface area contributed by atoms with Gasteiger partial charge < -0.3 is 9.15 Å². The Hall–Kier alpha value is -1.30. The van der Waals surface area contributed by atoms with E-state index >= 15 is 0 Å². The van der Waals surface area contributed by atoms with Crippen molar-refractivity contribution in [2.45, 2.75) is 19.9 Å². The SMILES string of the molecule is COc1cc(C)cc(C)c1C(NN)c1ccoc1Br. The van der Waals surface area contributed by atoms with E-state index in [9.17, 15) is 0 Å². The second kappa shape index (κ2) is 5.77. The molecule has 1 heterocycles. The molecule has 0 aliphatic heterocycles. The van der Waals surface area contributed by atoms with Gasteiger partial charge in [-0.3, -0.25) is 5.84 Å². The minimum atomic E-state index is -0.191. The smallest absolute Gasteiger partial charge is 0.174 e. The standard InChI is InChI=1S/C14H17BrN2O2/c1-8-6-9(2)12(11(7-8)18-3)13(17-16)10-4-5-19-14(10)15/h4-7,13,17H,16H2,1-3H3. The second-order valence-corrected chi connectivity index (χ2v) is 5.17. The molecule has 0 saturated carbocycles. The van der Waals surface area contributed by atoms with E-state index in [1.54, 1.807) is 13.4 Å². The Balaban J connectivity index is 2.59. The topological polar surface area (TPSA) is 60.4 Å². The predicted octanol–water partition coefficient (Wildman–Crippen LogP) is 3.22. The fourth-order valence-corrected chi connectivity index (χ4v) is 2.79. The Bertz CT molecular complexity index is 581. The number of benzene rings is 1. The third-order valence-corrected chi connectivity index (χ3v) is 3.77. The molecule has 1 atom stereocenters. The summed E-state index contributed by atoms with van der Waals surface area (Å²) in [6.45, 7) is 4.08. The number of halogens is 1. The maximum absolute atomic E-state index is 5.73. The van der Waals surface area contributed by atoms with Gasteiger partial charge in [-0.15, -0.1) is 0 Å². The van der Waals surface area contributed by atoms with Crippen LogP contribution in [0.1, 0.15) is 28.3 Å². The van der Waals surface area contributed by atoms with Gasteiger partial charge in [-0.2, -0.15) is 0 Å². The Morgan fingerprint density at radius 3 is 2.63 bits per heavy atom. The van der Waals surface area contributed by atoms with E-state index in [-0.39, 0.29) is 6.04 Å². The molecule has 3 N–H and O–H groups in total. The van der Waals surface area contributed by atoms with Gasteiger partial charge in [0.2, 0.25) is 0 Å². The lowest BCUT2D eigenvalue weighted by molar-refractivity contribution is 0.402. The number of hydrazine groups is 1. The van der Waals surface area contributed by atoms with Gasteiger partial charge in [-0.25, -0.2) is 5.43 Å². The van der Waals surface area contributed by atoms with Crippen LogP contribution >= 0.6 is 15.9 Å².